The molecule has 7 nitrogen and oxygen atoms in total. The van der Waals surface area contributed by atoms with Crippen LogP contribution in [0.3, 0.4) is 0 Å². The summed E-state index contributed by atoms with van der Waals surface area (Å²) in [6, 6.07) is 0. The molecule has 146 valence electrons. The second-order valence-electron chi connectivity index (χ2n) is 6.18. The van der Waals surface area contributed by atoms with Crippen LogP contribution < -0.4 is 11.2 Å². The molecule has 27 heavy (non-hydrogen) atoms. The number of halogens is 1. The van der Waals surface area contributed by atoms with Gasteiger partial charge in [0.05, 0.1) is 0 Å². The van der Waals surface area contributed by atoms with Gasteiger partial charge >= 0.3 is 5.69 Å². The van der Waals surface area contributed by atoms with E-state index in [2.05, 4.69) is 11.6 Å². The minimum atomic E-state index is -0.438. The zero-order valence-corrected chi connectivity index (χ0v) is 16.7. The number of imidazole rings is 1. The van der Waals surface area contributed by atoms with Crippen LogP contribution in [0.4, 0.5) is 0 Å². The number of rotatable bonds is 8. The lowest BCUT2D eigenvalue weighted by molar-refractivity contribution is 0.277. The predicted octanol–water partition coefficient (Wildman–Crippen LogP) is 2.10. The Hall–Kier alpha value is -2.38. The minimum Gasteiger partial charge on any atom is -0.396 e. The van der Waals surface area contributed by atoms with E-state index in [0.717, 1.165) is 10.1 Å². The fraction of sp³-hybridized carbons (Fsp3) is 0.421. The molecule has 0 saturated heterocycles. The maximum atomic E-state index is 13.0. The van der Waals surface area contributed by atoms with E-state index in [-0.39, 0.29) is 13.2 Å². The fourth-order valence-electron chi connectivity index (χ4n) is 2.83. The van der Waals surface area contributed by atoms with E-state index >= 15 is 0 Å². The highest BCUT2D eigenvalue weighted by Gasteiger charge is 2.19. The standard InChI is InChI=1S/C19H25ClN4O3/c1-5-14(20)9-8-13(3)12-24-15(6-2)21-17-16(24)18(26)23(10-7-11-25)19(27)22(17)4/h5,8-9,25H,3,6-7,10-12H2,1-2,4H3/b9-8-,14-5+. The lowest BCUT2D eigenvalue weighted by Crippen LogP contribution is -2.40. The molecule has 0 fully saturated rings. The Morgan fingerprint density at radius 3 is 2.59 bits per heavy atom. The molecule has 0 bridgehead atoms. The summed E-state index contributed by atoms with van der Waals surface area (Å²) < 4.78 is 4.31. The van der Waals surface area contributed by atoms with Crippen LogP contribution in [0.25, 0.3) is 11.2 Å². The molecule has 2 rings (SSSR count). The van der Waals surface area contributed by atoms with Gasteiger partial charge in [0.15, 0.2) is 11.2 Å². The third kappa shape index (κ3) is 4.31. The summed E-state index contributed by atoms with van der Waals surface area (Å²) in [6.45, 7) is 8.22. The number of aliphatic hydroxyl groups is 1. The zero-order valence-electron chi connectivity index (χ0n) is 15.9. The fourth-order valence-corrected chi connectivity index (χ4v) is 2.90. The van der Waals surface area contributed by atoms with Gasteiger partial charge in [0.25, 0.3) is 5.56 Å². The van der Waals surface area contributed by atoms with Gasteiger partial charge in [-0.2, -0.15) is 0 Å². The van der Waals surface area contributed by atoms with Gasteiger partial charge in [-0.3, -0.25) is 13.9 Å². The van der Waals surface area contributed by atoms with Crippen LogP contribution in [0.2, 0.25) is 0 Å². The molecule has 2 aromatic heterocycles. The molecule has 0 spiro atoms. The van der Waals surface area contributed by atoms with Gasteiger partial charge in [-0.25, -0.2) is 9.78 Å². The van der Waals surface area contributed by atoms with Gasteiger partial charge < -0.3 is 9.67 Å². The Morgan fingerprint density at radius 2 is 2.00 bits per heavy atom. The summed E-state index contributed by atoms with van der Waals surface area (Å²) in [7, 11) is 1.59. The molecular formula is C19H25ClN4O3. The van der Waals surface area contributed by atoms with Crippen LogP contribution in [0.5, 0.6) is 0 Å². The average molecular weight is 393 g/mol. The summed E-state index contributed by atoms with van der Waals surface area (Å²) in [5.41, 5.74) is 0.618. The van der Waals surface area contributed by atoms with Crippen molar-refractivity contribution in [3.63, 3.8) is 0 Å². The Bertz CT molecular complexity index is 1020. The van der Waals surface area contributed by atoms with Gasteiger partial charge in [0, 0.05) is 38.2 Å². The Balaban J connectivity index is 2.63. The van der Waals surface area contributed by atoms with Crippen molar-refractivity contribution in [1.82, 2.24) is 18.7 Å². The third-order valence-corrected chi connectivity index (χ3v) is 4.63. The number of hydrogen-bond acceptors (Lipinski definition) is 4. The highest BCUT2D eigenvalue weighted by atomic mass is 35.5. The van der Waals surface area contributed by atoms with E-state index in [1.165, 1.54) is 4.57 Å². The first-order valence-corrected chi connectivity index (χ1v) is 9.20. The normalized spacial score (nSPS) is 12.4. The largest absolute Gasteiger partial charge is 0.396 e. The van der Waals surface area contributed by atoms with Gasteiger partial charge in [0.2, 0.25) is 0 Å². The minimum absolute atomic E-state index is 0.0968. The SMILES string of the molecule is C=C(/C=C\C(Cl)=C/C)Cn1c(CC)nc2c1c(=O)n(CCCO)c(=O)n2C. The molecule has 0 amide bonds. The molecule has 8 heteroatoms. The number of aryl methyl sites for hydroxylation is 2. The first kappa shape index (κ1) is 20.9. The van der Waals surface area contributed by atoms with Gasteiger partial charge in [0.1, 0.15) is 5.82 Å². The number of fused-ring (bicyclic) bond motifs is 1. The van der Waals surface area contributed by atoms with Gasteiger partial charge in [-0.15, -0.1) is 0 Å². The molecule has 0 saturated carbocycles. The molecule has 0 aliphatic carbocycles. The number of aliphatic hydroxyl groups excluding tert-OH is 1. The van der Waals surface area contributed by atoms with Crippen LogP contribution >= 0.6 is 11.6 Å². The van der Waals surface area contributed by atoms with Crippen molar-refractivity contribution in [2.45, 2.75) is 39.8 Å². The van der Waals surface area contributed by atoms with Crippen molar-refractivity contribution in [2.24, 2.45) is 7.05 Å². The highest BCUT2D eigenvalue weighted by molar-refractivity contribution is 6.31. The maximum Gasteiger partial charge on any atom is 0.332 e. The van der Waals surface area contributed by atoms with Crippen molar-refractivity contribution in [3.8, 4) is 0 Å². The Morgan fingerprint density at radius 1 is 1.30 bits per heavy atom. The van der Waals surface area contributed by atoms with Crippen molar-refractivity contribution in [2.75, 3.05) is 6.61 Å². The molecule has 0 aliphatic rings. The molecule has 0 unspecified atom stereocenters. The van der Waals surface area contributed by atoms with Crippen LogP contribution in [0, 0.1) is 0 Å². The summed E-state index contributed by atoms with van der Waals surface area (Å²) in [4.78, 5) is 30.0. The predicted molar refractivity (Wildman–Crippen MR) is 108 cm³/mol. The van der Waals surface area contributed by atoms with E-state index in [9.17, 15) is 9.59 Å². The highest BCUT2D eigenvalue weighted by Crippen LogP contribution is 2.15. The van der Waals surface area contributed by atoms with Crippen LogP contribution in [0.1, 0.15) is 26.1 Å². The molecule has 2 heterocycles. The Labute approximate surface area is 162 Å². The Kier molecular flexibility index (Phi) is 6.98. The first-order valence-electron chi connectivity index (χ1n) is 8.83. The van der Waals surface area contributed by atoms with E-state index in [1.54, 1.807) is 29.8 Å². The monoisotopic (exact) mass is 392 g/mol. The molecular weight excluding hydrogens is 368 g/mol. The van der Waals surface area contributed by atoms with Crippen LogP contribution in [0.15, 0.2) is 45.0 Å². The second-order valence-corrected chi connectivity index (χ2v) is 6.62. The third-order valence-electron chi connectivity index (χ3n) is 4.28. The quantitative estimate of drug-likeness (QED) is 0.697. The number of hydrogen-bond donors (Lipinski definition) is 1. The number of allylic oxidation sites excluding steroid dienone is 5. The maximum absolute atomic E-state index is 13.0. The van der Waals surface area contributed by atoms with Crippen molar-refractivity contribution in [3.05, 3.63) is 62.1 Å². The molecule has 0 radical (unpaired) electrons. The molecule has 0 aromatic carbocycles. The summed E-state index contributed by atoms with van der Waals surface area (Å²) in [5, 5.41) is 9.65. The van der Waals surface area contributed by atoms with Gasteiger partial charge in [-0.1, -0.05) is 37.3 Å². The van der Waals surface area contributed by atoms with Gasteiger partial charge in [-0.05, 0) is 25.0 Å². The van der Waals surface area contributed by atoms with Crippen molar-refractivity contribution < 1.29 is 5.11 Å². The zero-order chi connectivity index (χ0) is 20.1. The first-order chi connectivity index (χ1) is 12.8. The van der Waals surface area contributed by atoms with E-state index in [1.807, 2.05) is 13.8 Å². The topological polar surface area (TPSA) is 82.1 Å². The van der Waals surface area contributed by atoms with E-state index < -0.39 is 11.2 Å². The number of aromatic nitrogens is 4. The lowest BCUT2D eigenvalue weighted by Gasteiger charge is -2.10. The molecule has 0 atom stereocenters. The molecule has 0 aliphatic heterocycles. The lowest BCUT2D eigenvalue weighted by atomic mass is 10.2. The summed E-state index contributed by atoms with van der Waals surface area (Å²) >= 11 is 5.98. The summed E-state index contributed by atoms with van der Waals surface area (Å²) in [6.07, 6.45) is 6.23. The van der Waals surface area contributed by atoms with Crippen LogP contribution in [-0.4, -0.2) is 30.4 Å². The molecule has 2 aromatic rings. The summed E-state index contributed by atoms with van der Waals surface area (Å²) in [5.74, 6) is 0.698. The second kappa shape index (κ2) is 9.01. The van der Waals surface area contributed by atoms with Crippen molar-refractivity contribution in [1.29, 1.82) is 0 Å². The molecule has 1 N–H and O–H groups in total. The smallest absolute Gasteiger partial charge is 0.332 e. The van der Waals surface area contributed by atoms with Crippen LogP contribution in [-0.2, 0) is 26.6 Å². The average Bonchev–Trinajstić information content (AvgIpc) is 3.02. The van der Waals surface area contributed by atoms with E-state index in [4.69, 9.17) is 16.7 Å². The number of nitrogens with zero attached hydrogens (tertiary/aromatic N) is 4. The van der Waals surface area contributed by atoms with E-state index in [0.29, 0.717) is 41.4 Å². The van der Waals surface area contributed by atoms with Crippen molar-refractivity contribution >= 4 is 22.8 Å².